The molecule has 0 aliphatic carbocycles. The fourth-order valence-corrected chi connectivity index (χ4v) is 2.20. The van der Waals surface area contributed by atoms with Crippen LogP contribution >= 0.6 is 12.2 Å². The Morgan fingerprint density at radius 1 is 1.20 bits per heavy atom. The standard InChI is InChI=1S/C15H13FN2OS/c1-9-5-4-8-12(13(9)14(17)20)18-15(19)10-6-2-3-7-11(10)16/h2-8H,1H3,(H2,17,20)(H,18,19). The van der Waals surface area contributed by atoms with E-state index in [9.17, 15) is 9.18 Å². The smallest absolute Gasteiger partial charge is 0.258 e. The highest BCUT2D eigenvalue weighted by Crippen LogP contribution is 2.20. The van der Waals surface area contributed by atoms with Crippen molar-refractivity contribution in [1.82, 2.24) is 0 Å². The van der Waals surface area contributed by atoms with E-state index in [2.05, 4.69) is 5.32 Å². The summed E-state index contributed by atoms with van der Waals surface area (Å²) in [6, 6.07) is 11.1. The van der Waals surface area contributed by atoms with Crippen LogP contribution in [0, 0.1) is 12.7 Å². The van der Waals surface area contributed by atoms with Crippen molar-refractivity contribution >= 4 is 28.8 Å². The Hall–Kier alpha value is -2.27. The molecular formula is C15H13FN2OS. The van der Waals surface area contributed by atoms with Crippen LogP contribution in [0.4, 0.5) is 10.1 Å². The van der Waals surface area contributed by atoms with E-state index in [-0.39, 0.29) is 10.6 Å². The van der Waals surface area contributed by atoms with Crippen LogP contribution in [0.3, 0.4) is 0 Å². The Balaban J connectivity index is 2.36. The molecule has 0 aromatic heterocycles. The van der Waals surface area contributed by atoms with Crippen molar-refractivity contribution < 1.29 is 9.18 Å². The number of anilines is 1. The van der Waals surface area contributed by atoms with Gasteiger partial charge in [0.2, 0.25) is 0 Å². The van der Waals surface area contributed by atoms with Crippen molar-refractivity contribution in [3.05, 3.63) is 65.0 Å². The third kappa shape index (κ3) is 2.83. The number of carbonyl (C=O) groups excluding carboxylic acids is 1. The second-order valence-electron chi connectivity index (χ2n) is 4.30. The van der Waals surface area contributed by atoms with E-state index in [0.717, 1.165) is 5.56 Å². The highest BCUT2D eigenvalue weighted by Gasteiger charge is 2.14. The fraction of sp³-hybridized carbons (Fsp3) is 0.0667. The van der Waals surface area contributed by atoms with Gasteiger partial charge in [-0.25, -0.2) is 4.39 Å². The van der Waals surface area contributed by atoms with Gasteiger partial charge in [0.05, 0.1) is 11.3 Å². The van der Waals surface area contributed by atoms with Crippen LogP contribution in [0.2, 0.25) is 0 Å². The van der Waals surface area contributed by atoms with Gasteiger partial charge in [-0.3, -0.25) is 4.79 Å². The summed E-state index contributed by atoms with van der Waals surface area (Å²) in [4.78, 5) is 12.3. The molecule has 0 aliphatic rings. The first kappa shape index (κ1) is 14.1. The van der Waals surface area contributed by atoms with Crippen LogP contribution in [0.1, 0.15) is 21.5 Å². The first-order valence-electron chi connectivity index (χ1n) is 5.96. The third-order valence-electron chi connectivity index (χ3n) is 2.89. The molecule has 0 saturated heterocycles. The van der Waals surface area contributed by atoms with Gasteiger partial charge in [-0.05, 0) is 30.7 Å². The highest BCUT2D eigenvalue weighted by molar-refractivity contribution is 7.80. The molecule has 0 aliphatic heterocycles. The topological polar surface area (TPSA) is 55.1 Å². The second-order valence-corrected chi connectivity index (χ2v) is 4.74. The number of hydrogen-bond donors (Lipinski definition) is 2. The fourth-order valence-electron chi connectivity index (χ4n) is 1.93. The molecule has 0 saturated carbocycles. The minimum absolute atomic E-state index is 0.0251. The number of nitrogens with two attached hydrogens (primary N) is 1. The number of halogens is 1. The van der Waals surface area contributed by atoms with Crippen molar-refractivity contribution in [3.63, 3.8) is 0 Å². The van der Waals surface area contributed by atoms with E-state index in [0.29, 0.717) is 11.3 Å². The molecule has 0 atom stereocenters. The summed E-state index contributed by atoms with van der Waals surface area (Å²) < 4.78 is 13.6. The number of aryl methyl sites for hydroxylation is 1. The van der Waals surface area contributed by atoms with Gasteiger partial charge in [-0.15, -0.1) is 0 Å². The Morgan fingerprint density at radius 2 is 1.90 bits per heavy atom. The molecule has 2 aromatic rings. The first-order valence-corrected chi connectivity index (χ1v) is 6.37. The maximum absolute atomic E-state index is 13.6. The minimum atomic E-state index is -0.575. The van der Waals surface area contributed by atoms with Gasteiger partial charge in [0.15, 0.2) is 0 Å². The molecular weight excluding hydrogens is 275 g/mol. The zero-order chi connectivity index (χ0) is 14.7. The van der Waals surface area contributed by atoms with E-state index in [1.165, 1.54) is 18.2 Å². The molecule has 0 bridgehead atoms. The number of thiocarbonyl (C=S) groups is 1. The number of rotatable bonds is 3. The maximum Gasteiger partial charge on any atom is 0.258 e. The average Bonchev–Trinajstić information content (AvgIpc) is 2.38. The predicted molar refractivity (Wildman–Crippen MR) is 81.4 cm³/mol. The van der Waals surface area contributed by atoms with Gasteiger partial charge >= 0.3 is 0 Å². The molecule has 0 fully saturated rings. The summed E-state index contributed by atoms with van der Waals surface area (Å²) >= 11 is 4.98. The Labute approximate surface area is 121 Å². The number of amides is 1. The molecule has 20 heavy (non-hydrogen) atoms. The molecule has 2 aromatic carbocycles. The molecule has 0 heterocycles. The molecule has 0 unspecified atom stereocenters. The van der Waals surface area contributed by atoms with Gasteiger partial charge in [0, 0.05) is 5.56 Å². The molecule has 2 rings (SSSR count). The Morgan fingerprint density at radius 3 is 2.55 bits per heavy atom. The molecule has 5 heteroatoms. The molecule has 3 N–H and O–H groups in total. The SMILES string of the molecule is Cc1cccc(NC(=O)c2ccccc2F)c1C(N)=S. The molecule has 3 nitrogen and oxygen atoms in total. The van der Waals surface area contributed by atoms with Gasteiger partial charge in [0.1, 0.15) is 10.8 Å². The molecule has 1 amide bonds. The molecule has 0 spiro atoms. The summed E-state index contributed by atoms with van der Waals surface area (Å²) in [6.07, 6.45) is 0. The lowest BCUT2D eigenvalue weighted by atomic mass is 10.1. The summed E-state index contributed by atoms with van der Waals surface area (Å²) in [5, 5.41) is 2.64. The monoisotopic (exact) mass is 288 g/mol. The van der Waals surface area contributed by atoms with Crippen LogP contribution in [0.25, 0.3) is 0 Å². The van der Waals surface area contributed by atoms with Crippen molar-refractivity contribution in [2.75, 3.05) is 5.32 Å². The summed E-state index contributed by atoms with van der Waals surface area (Å²) in [5.74, 6) is -1.11. The molecule has 102 valence electrons. The number of carbonyl (C=O) groups is 1. The normalized spacial score (nSPS) is 10.1. The van der Waals surface area contributed by atoms with E-state index < -0.39 is 11.7 Å². The van der Waals surface area contributed by atoms with Crippen molar-refractivity contribution in [2.45, 2.75) is 6.92 Å². The largest absolute Gasteiger partial charge is 0.389 e. The quantitative estimate of drug-likeness (QED) is 0.854. The average molecular weight is 288 g/mol. The van der Waals surface area contributed by atoms with Crippen LogP contribution < -0.4 is 11.1 Å². The van der Waals surface area contributed by atoms with Gasteiger partial charge in [-0.2, -0.15) is 0 Å². The number of nitrogens with one attached hydrogen (secondary N) is 1. The van der Waals surface area contributed by atoms with E-state index in [4.69, 9.17) is 18.0 Å². The zero-order valence-electron chi connectivity index (χ0n) is 10.8. The van der Waals surface area contributed by atoms with Gasteiger partial charge in [0.25, 0.3) is 5.91 Å². The lowest BCUT2D eigenvalue weighted by Gasteiger charge is -2.12. The maximum atomic E-state index is 13.6. The summed E-state index contributed by atoms with van der Waals surface area (Å²) in [7, 11) is 0. The summed E-state index contributed by atoms with van der Waals surface area (Å²) in [6.45, 7) is 1.84. The molecule has 0 radical (unpaired) electrons. The van der Waals surface area contributed by atoms with Crippen LogP contribution in [0.15, 0.2) is 42.5 Å². The number of hydrogen-bond acceptors (Lipinski definition) is 2. The predicted octanol–water partition coefficient (Wildman–Crippen LogP) is 3.02. The van der Waals surface area contributed by atoms with E-state index in [1.54, 1.807) is 18.2 Å². The minimum Gasteiger partial charge on any atom is -0.389 e. The van der Waals surface area contributed by atoms with Crippen LogP contribution in [-0.2, 0) is 0 Å². The number of benzene rings is 2. The Kier molecular flexibility index (Phi) is 4.10. The van der Waals surface area contributed by atoms with Crippen molar-refractivity contribution in [1.29, 1.82) is 0 Å². The highest BCUT2D eigenvalue weighted by atomic mass is 32.1. The van der Waals surface area contributed by atoms with E-state index >= 15 is 0 Å². The van der Waals surface area contributed by atoms with Crippen molar-refractivity contribution in [2.24, 2.45) is 5.73 Å². The van der Waals surface area contributed by atoms with Gasteiger partial charge in [-0.1, -0.05) is 36.5 Å². The van der Waals surface area contributed by atoms with E-state index in [1.807, 2.05) is 13.0 Å². The first-order chi connectivity index (χ1) is 9.50. The Bertz CT molecular complexity index is 685. The summed E-state index contributed by atoms with van der Waals surface area (Å²) in [5.41, 5.74) is 7.56. The third-order valence-corrected chi connectivity index (χ3v) is 3.09. The lowest BCUT2D eigenvalue weighted by Crippen LogP contribution is -2.19. The van der Waals surface area contributed by atoms with Crippen LogP contribution in [0.5, 0.6) is 0 Å². The zero-order valence-corrected chi connectivity index (χ0v) is 11.6. The van der Waals surface area contributed by atoms with Gasteiger partial charge < -0.3 is 11.1 Å². The van der Waals surface area contributed by atoms with Crippen molar-refractivity contribution in [3.8, 4) is 0 Å². The lowest BCUT2D eigenvalue weighted by molar-refractivity contribution is 0.102. The second kappa shape index (κ2) is 5.79. The van der Waals surface area contributed by atoms with Crippen LogP contribution in [-0.4, -0.2) is 10.9 Å².